The number of alkyl halides is 3. The minimum atomic E-state index is -4.79. The van der Waals surface area contributed by atoms with Crippen LogP contribution in [0.15, 0.2) is 138 Å². The van der Waals surface area contributed by atoms with Gasteiger partial charge in [0.05, 0.1) is 62.3 Å². The molecule has 11 heterocycles. The molecule has 3 aromatic carbocycles. The molecule has 0 saturated carbocycles. The zero-order valence-electron chi connectivity index (χ0n) is 67.5. The van der Waals surface area contributed by atoms with Crippen LogP contribution in [0.5, 0.6) is 11.5 Å². The molecule has 3 atom stereocenters. The lowest BCUT2D eigenvalue weighted by Gasteiger charge is -2.40. The van der Waals surface area contributed by atoms with Gasteiger partial charge in [0.25, 0.3) is 0 Å². The first-order chi connectivity index (χ1) is 57.3. The maximum Gasteiger partial charge on any atom is 0.406 e. The largest absolute Gasteiger partial charge is 0.507 e. The monoisotopic (exact) mass is 1690 g/mol. The molecule has 121 heavy (non-hydrogen) atoms. The van der Waals surface area contributed by atoms with Crippen LogP contribution in [-0.2, 0) is 20.9 Å². The first-order valence-corrected chi connectivity index (χ1v) is 38.5. The smallest absolute Gasteiger partial charge is 0.406 e. The molecule has 0 aliphatic carbocycles. The van der Waals surface area contributed by atoms with Gasteiger partial charge in [0.2, 0.25) is 17.7 Å². The van der Waals surface area contributed by atoms with Crippen molar-refractivity contribution in [2.24, 2.45) is 0 Å². The second-order valence-corrected chi connectivity index (χ2v) is 30.3. The van der Waals surface area contributed by atoms with Crippen molar-refractivity contribution in [3.63, 3.8) is 0 Å². The summed E-state index contributed by atoms with van der Waals surface area (Å²) in [5, 5.41) is 10.5. The summed E-state index contributed by atoms with van der Waals surface area (Å²) in [7, 11) is 1.21. The highest BCUT2D eigenvalue weighted by Crippen LogP contribution is 2.42. The Hall–Kier alpha value is -13.0. The molecule has 11 aromatic rings. The standard InChI is InChI=1S/C31H31F3N6O3.C31H31F3N6O2.C23H20ClF4N5O3/c1-7-25(41)38-10-11-39(18(5)15-38)29-20-12-23(34)27(19-13-24(43-6)22(33)14-21(19)32)36-30(20)40(31(42)37-29)28-17(4)8-9-35-26(28)16(2)3;1-7-25(41)38-10-11-39(19(6)15-38)29-21-13-24(34)27(20-12-18(5)22(32)14-23(20)33)36-30(21)40(31(42)37-29)28-17(4)8-9-35-26(28)16(2)3;1-3-17(35)31-7-8-32(12(2)10-31)21-13-9-14(24)19(18-15(25)5-4-6-16(18)34)29-20(13)33(22(36)30-21)11-23(26,27)28/h7-9,12-14,16,18H,1,10-11,15H2,2-6H3;7-9,12-14,16,19H,1,10-11,15H2,2-6H3;3-6,9,12,34H,1,7-8,10-11H2,2H3/t18-;19-;12-/m000/s1. The van der Waals surface area contributed by atoms with Crippen molar-refractivity contribution in [2.75, 3.05) is 80.7 Å². The molecular weight excluding hydrogens is 1610 g/mol. The fraction of sp³-hybridized carbons (Fsp3) is 0.318. The first kappa shape index (κ1) is 87.4. The Bertz CT molecular complexity index is 6200. The number of piperazine rings is 3. The van der Waals surface area contributed by atoms with Crippen molar-refractivity contribution in [3.05, 3.63) is 228 Å². The van der Waals surface area contributed by atoms with Gasteiger partial charge in [-0.15, -0.1) is 0 Å². The minimum absolute atomic E-state index is 0.0175. The normalized spacial score (nSPS) is 15.7. The number of ether oxygens (including phenoxy) is 1. The maximum atomic E-state index is 15.9. The molecule has 632 valence electrons. The van der Waals surface area contributed by atoms with E-state index in [1.54, 1.807) is 51.0 Å². The average molecular weight is 1700 g/mol. The molecule has 1 N–H and O–H groups in total. The number of phenolic OH excluding ortho intramolecular Hbond substituents is 1. The summed E-state index contributed by atoms with van der Waals surface area (Å²) >= 11 is 6.38. The highest BCUT2D eigenvalue weighted by Gasteiger charge is 2.37. The van der Waals surface area contributed by atoms with Gasteiger partial charge in [-0.3, -0.25) is 28.9 Å². The maximum absolute atomic E-state index is 15.9. The van der Waals surface area contributed by atoms with Crippen LogP contribution in [0.3, 0.4) is 0 Å². The van der Waals surface area contributed by atoms with Crippen molar-refractivity contribution in [2.45, 2.75) is 112 Å². The number of aromatic nitrogens is 11. The van der Waals surface area contributed by atoms with Gasteiger partial charge in [-0.2, -0.15) is 28.1 Å². The third-order valence-electron chi connectivity index (χ3n) is 21.1. The number of amides is 3. The SMILES string of the molecule is C=CC(=O)N1CCN(c2nc(=O)n(-c3c(C)ccnc3C(C)C)c3nc(-c4cc(C)c(F)cc4F)c(F)cc23)[C@@H](C)C1.C=CC(=O)N1CCN(c2nc(=O)n(-c3c(C)ccnc3C(C)C)c3nc(-c4cc(OC)c(F)cc4F)c(F)cc23)[C@@H](C)C1.C=CC(=O)N1CCN(c2nc(=O)n(CC(F)(F)F)c3nc(-c4c(O)cccc4F)c(Cl)cc23)[C@@H](C)C1. The molecule has 36 heteroatoms. The van der Waals surface area contributed by atoms with Crippen molar-refractivity contribution in [3.8, 4) is 56.6 Å². The topological polar surface area (TPSA) is 269 Å². The van der Waals surface area contributed by atoms with Crippen LogP contribution in [0.2, 0.25) is 5.02 Å². The summed E-state index contributed by atoms with van der Waals surface area (Å²) in [5.74, 6) is -7.75. The highest BCUT2D eigenvalue weighted by molar-refractivity contribution is 6.34. The number of rotatable bonds is 15. The second-order valence-electron chi connectivity index (χ2n) is 29.9. The van der Waals surface area contributed by atoms with E-state index in [0.29, 0.717) is 89.9 Å². The number of aromatic hydroxyl groups is 1. The van der Waals surface area contributed by atoms with Gasteiger partial charge in [-0.05, 0) is 143 Å². The van der Waals surface area contributed by atoms with Gasteiger partial charge in [0, 0.05) is 113 Å². The van der Waals surface area contributed by atoms with Gasteiger partial charge >= 0.3 is 23.2 Å². The quantitative estimate of drug-likeness (QED) is 0.0738. The molecule has 0 spiro atoms. The number of halogens is 11. The number of pyridine rings is 5. The number of anilines is 3. The molecule has 0 bridgehead atoms. The molecule has 0 radical (unpaired) electrons. The average Bonchev–Trinajstić information content (AvgIpc) is 0.736. The number of nitrogens with zero attached hydrogens (tertiary/aromatic N) is 17. The van der Waals surface area contributed by atoms with Crippen LogP contribution in [0, 0.1) is 61.5 Å². The van der Waals surface area contributed by atoms with Gasteiger partial charge < -0.3 is 39.2 Å². The van der Waals surface area contributed by atoms with Crippen molar-refractivity contribution >= 4 is 79.9 Å². The zero-order valence-corrected chi connectivity index (χ0v) is 68.2. The Morgan fingerprint density at radius 3 is 1.31 bits per heavy atom. The fourth-order valence-electron chi connectivity index (χ4n) is 15.1. The Morgan fingerprint density at radius 2 is 0.917 bits per heavy atom. The molecule has 14 rings (SSSR count). The molecule has 25 nitrogen and oxygen atoms in total. The molecule has 0 unspecified atom stereocenters. The van der Waals surface area contributed by atoms with Crippen LogP contribution in [-0.4, -0.2) is 181 Å². The summed E-state index contributed by atoms with van der Waals surface area (Å²) in [6.45, 7) is 29.8. The molecule has 3 fully saturated rings. The van der Waals surface area contributed by atoms with Crippen LogP contribution in [0.1, 0.15) is 88.4 Å². The van der Waals surface area contributed by atoms with Crippen LogP contribution in [0.4, 0.5) is 61.4 Å². The molecule has 3 aliphatic heterocycles. The molecule has 3 amide bonds. The second kappa shape index (κ2) is 35.2. The third kappa shape index (κ3) is 17.3. The molecule has 8 aromatic heterocycles. The number of benzene rings is 3. The fourth-order valence-corrected chi connectivity index (χ4v) is 15.4. The van der Waals surface area contributed by atoms with E-state index in [4.69, 9.17) is 16.3 Å². The van der Waals surface area contributed by atoms with Crippen molar-refractivity contribution in [1.29, 1.82) is 0 Å². The summed E-state index contributed by atoms with van der Waals surface area (Å²) < 4.78 is 153. The van der Waals surface area contributed by atoms with E-state index in [1.165, 1.54) is 71.7 Å². The predicted molar refractivity (Wildman–Crippen MR) is 438 cm³/mol. The van der Waals surface area contributed by atoms with Gasteiger partial charge in [0.15, 0.2) is 22.9 Å². The van der Waals surface area contributed by atoms with E-state index >= 15 is 17.6 Å². The third-order valence-corrected chi connectivity index (χ3v) is 21.3. The minimum Gasteiger partial charge on any atom is -0.507 e. The number of carbonyl (C=O) groups excluding carboxylic acids is 3. The Morgan fingerprint density at radius 1 is 0.512 bits per heavy atom. The number of methoxy groups -OCH3 is 1. The Labute approximate surface area is 690 Å². The lowest BCUT2D eigenvalue weighted by atomic mass is 10.0. The zero-order chi connectivity index (χ0) is 88.0. The van der Waals surface area contributed by atoms with Crippen molar-refractivity contribution in [1.82, 2.24) is 68.3 Å². The summed E-state index contributed by atoms with van der Waals surface area (Å²) in [6, 6.07) is 13.1. The van der Waals surface area contributed by atoms with E-state index in [0.717, 1.165) is 18.2 Å². The highest BCUT2D eigenvalue weighted by atomic mass is 35.5. The molecular formula is C85H82ClF10N17O8. The van der Waals surface area contributed by atoms with Crippen LogP contribution < -0.4 is 36.5 Å². The number of phenols is 1. The number of hydrogen-bond donors (Lipinski definition) is 1. The van der Waals surface area contributed by atoms with Crippen molar-refractivity contribution < 1.29 is 68.1 Å². The summed E-state index contributed by atoms with van der Waals surface area (Å²) in [4.78, 5) is 122. The van der Waals surface area contributed by atoms with Crippen LogP contribution in [0.25, 0.3) is 78.2 Å². The lowest BCUT2D eigenvalue weighted by molar-refractivity contribution is -0.140. The number of aryl methyl sites for hydroxylation is 3. The van der Waals surface area contributed by atoms with Crippen LogP contribution >= 0.6 is 11.6 Å². The van der Waals surface area contributed by atoms with E-state index in [2.05, 4.69) is 59.6 Å². The lowest BCUT2D eigenvalue weighted by Crippen LogP contribution is -2.54. The first-order valence-electron chi connectivity index (χ1n) is 38.2. The van der Waals surface area contributed by atoms with E-state index in [9.17, 15) is 60.2 Å². The van der Waals surface area contributed by atoms with Gasteiger partial charge in [0.1, 0.15) is 81.7 Å². The Kier molecular flexibility index (Phi) is 25.4. The summed E-state index contributed by atoms with van der Waals surface area (Å²) in [5.41, 5.74) is -1.45. The summed E-state index contributed by atoms with van der Waals surface area (Å²) in [6.07, 6.45) is 2.15. The number of fused-ring (bicyclic) bond motifs is 3. The van der Waals surface area contributed by atoms with Gasteiger partial charge in [-0.1, -0.05) is 65.1 Å². The number of hydrogen-bond acceptors (Lipinski definition) is 19. The molecule has 3 saturated heterocycles. The predicted octanol–water partition coefficient (Wildman–Crippen LogP) is 13.9. The van der Waals surface area contributed by atoms with Gasteiger partial charge in [-0.25, -0.2) is 69.2 Å². The van der Waals surface area contributed by atoms with E-state index in [-0.39, 0.29) is 151 Å². The Balaban J connectivity index is 0.000000167. The molecule has 3 aliphatic rings. The van der Waals surface area contributed by atoms with E-state index in [1.807, 2.05) is 65.2 Å². The number of carbonyl (C=O) groups is 3. The van der Waals surface area contributed by atoms with E-state index < -0.39 is 93.2 Å².